The summed E-state index contributed by atoms with van der Waals surface area (Å²) in [5, 5.41) is 0. The van der Waals surface area contributed by atoms with Crippen LogP contribution in [0.15, 0.2) is 28.7 Å². The maximum absolute atomic E-state index is 13.2. The van der Waals surface area contributed by atoms with Crippen LogP contribution in [0.4, 0.5) is 13.2 Å². The van der Waals surface area contributed by atoms with Crippen LogP contribution in [-0.4, -0.2) is 37.7 Å². The van der Waals surface area contributed by atoms with E-state index in [1.807, 2.05) is 0 Å². The average molecular weight is 354 g/mol. The molecule has 1 aromatic rings. The molecular weight excluding hydrogens is 339 g/mol. The molecule has 0 unspecified atom stereocenters. The molecule has 0 aliphatic heterocycles. The summed E-state index contributed by atoms with van der Waals surface area (Å²) >= 11 is 3.17. The molecule has 1 amide bonds. The van der Waals surface area contributed by atoms with Gasteiger partial charge in [0.15, 0.2) is 6.04 Å². The molecule has 0 saturated carbocycles. The van der Waals surface area contributed by atoms with Gasteiger partial charge in [-0.15, -0.1) is 0 Å². The highest BCUT2D eigenvalue weighted by atomic mass is 79.9. The first-order valence-electron chi connectivity index (χ1n) is 5.84. The lowest BCUT2D eigenvalue weighted by Gasteiger charge is -2.30. The van der Waals surface area contributed by atoms with E-state index in [-0.39, 0.29) is 18.6 Å². The Hall–Kier alpha value is -1.08. The number of halogens is 4. The van der Waals surface area contributed by atoms with Gasteiger partial charge in [-0.25, -0.2) is 0 Å². The fourth-order valence-electron chi connectivity index (χ4n) is 1.79. The van der Waals surface area contributed by atoms with Crippen molar-refractivity contribution in [3.8, 4) is 0 Å². The van der Waals surface area contributed by atoms with Crippen LogP contribution in [0, 0.1) is 0 Å². The Morgan fingerprint density at radius 2 is 1.90 bits per heavy atom. The van der Waals surface area contributed by atoms with Gasteiger partial charge in [0.25, 0.3) is 0 Å². The van der Waals surface area contributed by atoms with Crippen molar-refractivity contribution in [3.63, 3.8) is 0 Å². The van der Waals surface area contributed by atoms with Gasteiger partial charge < -0.3 is 9.64 Å². The third kappa shape index (κ3) is 4.49. The van der Waals surface area contributed by atoms with Crippen LogP contribution in [0.25, 0.3) is 0 Å². The second kappa shape index (κ2) is 7.08. The zero-order valence-corrected chi connectivity index (χ0v) is 12.7. The quantitative estimate of drug-likeness (QED) is 0.810. The Morgan fingerprint density at radius 1 is 1.35 bits per heavy atom. The Kier molecular flexibility index (Phi) is 6.01. The van der Waals surface area contributed by atoms with E-state index in [1.165, 1.54) is 31.4 Å². The first-order valence-corrected chi connectivity index (χ1v) is 6.63. The number of hydrogen-bond acceptors (Lipinski definition) is 2. The lowest BCUT2D eigenvalue weighted by Crippen LogP contribution is -2.40. The number of benzene rings is 1. The van der Waals surface area contributed by atoms with Gasteiger partial charge in [0.1, 0.15) is 0 Å². The van der Waals surface area contributed by atoms with E-state index >= 15 is 0 Å². The fraction of sp³-hybridized carbons (Fsp3) is 0.462. The smallest absolute Gasteiger partial charge is 0.384 e. The van der Waals surface area contributed by atoms with Gasteiger partial charge in [0, 0.05) is 18.6 Å². The summed E-state index contributed by atoms with van der Waals surface area (Å²) < 4.78 is 45.0. The molecule has 0 heterocycles. The van der Waals surface area contributed by atoms with Crippen molar-refractivity contribution in [1.82, 2.24) is 4.90 Å². The molecule has 112 valence electrons. The summed E-state index contributed by atoms with van der Waals surface area (Å²) in [5.41, 5.74) is 0.0222. The summed E-state index contributed by atoms with van der Waals surface area (Å²) in [6.45, 7) is 0.0914. The van der Waals surface area contributed by atoms with Gasteiger partial charge >= 0.3 is 6.18 Å². The third-order valence-electron chi connectivity index (χ3n) is 2.80. The molecule has 0 spiro atoms. The normalized spacial score (nSPS) is 13.1. The number of hydrogen-bond donors (Lipinski definition) is 0. The fourth-order valence-corrected chi connectivity index (χ4v) is 2.05. The summed E-state index contributed by atoms with van der Waals surface area (Å²) in [7, 11) is 2.54. The van der Waals surface area contributed by atoms with E-state index < -0.39 is 18.1 Å². The summed E-state index contributed by atoms with van der Waals surface area (Å²) in [6, 6.07) is 3.77. The maximum Gasteiger partial charge on any atom is 0.413 e. The van der Waals surface area contributed by atoms with Crippen molar-refractivity contribution in [3.05, 3.63) is 34.3 Å². The minimum Gasteiger partial charge on any atom is -0.384 e. The van der Waals surface area contributed by atoms with Crippen LogP contribution in [0.2, 0.25) is 0 Å². The van der Waals surface area contributed by atoms with Crippen molar-refractivity contribution >= 4 is 21.8 Å². The van der Waals surface area contributed by atoms with Crippen LogP contribution in [0.3, 0.4) is 0 Å². The molecule has 1 aromatic carbocycles. The van der Waals surface area contributed by atoms with Crippen molar-refractivity contribution < 1.29 is 22.7 Å². The highest BCUT2D eigenvalue weighted by Gasteiger charge is 2.44. The monoisotopic (exact) mass is 353 g/mol. The van der Waals surface area contributed by atoms with Crippen LogP contribution in [0.1, 0.15) is 18.0 Å². The van der Waals surface area contributed by atoms with E-state index in [4.69, 9.17) is 4.74 Å². The number of rotatable bonds is 5. The molecule has 0 bridgehead atoms. The van der Waals surface area contributed by atoms with E-state index in [0.29, 0.717) is 9.37 Å². The standard InChI is InChI=1S/C13H15BrF3NO2/c1-18(11(19)7-8-20-2)12(13(15,16)17)9-3-5-10(14)6-4-9/h3-6,12H,7-8H2,1-2H3/t12-/m0/s1. The molecule has 0 N–H and O–H groups in total. The minimum absolute atomic E-state index is 0.0222. The van der Waals surface area contributed by atoms with Crippen LogP contribution in [-0.2, 0) is 9.53 Å². The Balaban J connectivity index is 3.01. The topological polar surface area (TPSA) is 29.5 Å². The largest absolute Gasteiger partial charge is 0.413 e. The van der Waals surface area contributed by atoms with Gasteiger partial charge in [0.05, 0.1) is 13.0 Å². The number of nitrogens with zero attached hydrogens (tertiary/aromatic N) is 1. The number of carbonyl (C=O) groups excluding carboxylic acids is 1. The summed E-state index contributed by atoms with van der Waals surface area (Å²) in [4.78, 5) is 12.5. The first-order chi connectivity index (χ1) is 9.27. The molecule has 1 rings (SSSR count). The van der Waals surface area contributed by atoms with E-state index in [0.717, 1.165) is 7.05 Å². The Labute approximate surface area is 123 Å². The molecular formula is C13H15BrF3NO2. The summed E-state index contributed by atoms with van der Waals surface area (Å²) in [6.07, 6.45) is -4.62. The molecule has 20 heavy (non-hydrogen) atoms. The highest BCUT2D eigenvalue weighted by molar-refractivity contribution is 9.10. The molecule has 0 radical (unpaired) electrons. The van der Waals surface area contributed by atoms with Crippen molar-refractivity contribution in [2.24, 2.45) is 0 Å². The average Bonchev–Trinajstić information content (AvgIpc) is 2.36. The number of alkyl halides is 3. The van der Waals surface area contributed by atoms with E-state index in [1.54, 1.807) is 0 Å². The van der Waals surface area contributed by atoms with Gasteiger partial charge in [-0.2, -0.15) is 13.2 Å². The van der Waals surface area contributed by atoms with Crippen molar-refractivity contribution in [2.45, 2.75) is 18.6 Å². The molecule has 0 saturated heterocycles. The van der Waals surface area contributed by atoms with Crippen LogP contribution < -0.4 is 0 Å². The third-order valence-corrected chi connectivity index (χ3v) is 3.33. The van der Waals surface area contributed by atoms with Gasteiger partial charge in [-0.3, -0.25) is 4.79 Å². The van der Waals surface area contributed by atoms with E-state index in [9.17, 15) is 18.0 Å². The summed E-state index contributed by atoms with van der Waals surface area (Å²) in [5.74, 6) is -0.614. The van der Waals surface area contributed by atoms with Gasteiger partial charge in [-0.05, 0) is 17.7 Å². The molecule has 1 atom stereocenters. The predicted octanol–water partition coefficient (Wildman–Crippen LogP) is 3.55. The lowest BCUT2D eigenvalue weighted by molar-refractivity contribution is -0.189. The second-order valence-corrected chi connectivity index (χ2v) is 5.16. The SMILES string of the molecule is COCCC(=O)N(C)[C@@H](c1ccc(Br)cc1)C(F)(F)F. The van der Waals surface area contributed by atoms with E-state index in [2.05, 4.69) is 15.9 Å². The Bertz CT molecular complexity index is 448. The number of ether oxygens (including phenoxy) is 1. The highest BCUT2D eigenvalue weighted by Crippen LogP contribution is 2.37. The Morgan fingerprint density at radius 3 is 2.35 bits per heavy atom. The number of methoxy groups -OCH3 is 1. The van der Waals surface area contributed by atoms with Crippen LogP contribution >= 0.6 is 15.9 Å². The van der Waals surface area contributed by atoms with Crippen molar-refractivity contribution in [1.29, 1.82) is 0 Å². The number of amides is 1. The van der Waals surface area contributed by atoms with Crippen LogP contribution in [0.5, 0.6) is 0 Å². The molecule has 0 aliphatic carbocycles. The minimum atomic E-state index is -4.54. The van der Waals surface area contributed by atoms with Gasteiger partial charge in [-0.1, -0.05) is 28.1 Å². The van der Waals surface area contributed by atoms with Crippen molar-refractivity contribution in [2.75, 3.05) is 20.8 Å². The maximum atomic E-state index is 13.2. The zero-order valence-electron chi connectivity index (χ0n) is 11.1. The lowest BCUT2D eigenvalue weighted by atomic mass is 10.0. The first kappa shape index (κ1) is 17.0. The molecule has 0 aliphatic rings. The number of carbonyl (C=O) groups is 1. The molecule has 0 fully saturated rings. The molecule has 7 heteroatoms. The van der Waals surface area contributed by atoms with Gasteiger partial charge in [0.2, 0.25) is 5.91 Å². The molecule has 0 aromatic heterocycles. The predicted molar refractivity (Wildman–Crippen MR) is 72.2 cm³/mol. The zero-order chi connectivity index (χ0) is 15.3. The second-order valence-electron chi connectivity index (χ2n) is 4.24. The molecule has 3 nitrogen and oxygen atoms in total.